The highest BCUT2D eigenvalue weighted by atomic mass is 35.5. The maximum absolute atomic E-state index is 12.0. The summed E-state index contributed by atoms with van der Waals surface area (Å²) in [4.78, 5) is 14.0. The van der Waals surface area contributed by atoms with Crippen molar-refractivity contribution in [2.45, 2.75) is 45.1 Å². The predicted octanol–water partition coefficient (Wildman–Crippen LogP) is 1.79. The molecular weight excluding hydrogens is 224 g/mol. The number of amides is 1. The monoisotopic (exact) mass is 246 g/mol. The number of halogens is 1. The van der Waals surface area contributed by atoms with Crippen molar-refractivity contribution in [1.29, 1.82) is 0 Å². The van der Waals surface area contributed by atoms with Gasteiger partial charge in [0.15, 0.2) is 0 Å². The van der Waals surface area contributed by atoms with Gasteiger partial charge in [-0.1, -0.05) is 12.8 Å². The Morgan fingerprint density at radius 2 is 1.62 bits per heavy atom. The first kappa shape index (κ1) is 13.8. The summed E-state index contributed by atoms with van der Waals surface area (Å²) in [6, 6.07) is 0. The number of fused-ring (bicyclic) bond motifs is 1. The van der Waals surface area contributed by atoms with Crippen LogP contribution in [0.4, 0.5) is 0 Å². The number of rotatable bonds is 1. The van der Waals surface area contributed by atoms with E-state index in [1.807, 2.05) is 4.90 Å². The maximum atomic E-state index is 12.0. The Kier molecular flexibility index (Phi) is 4.24. The largest absolute Gasteiger partial charge is 0.341 e. The van der Waals surface area contributed by atoms with E-state index >= 15 is 0 Å². The van der Waals surface area contributed by atoms with Crippen molar-refractivity contribution in [3.8, 4) is 0 Å². The van der Waals surface area contributed by atoms with Crippen LogP contribution in [0.2, 0.25) is 0 Å². The van der Waals surface area contributed by atoms with E-state index in [0.29, 0.717) is 0 Å². The molecule has 16 heavy (non-hydrogen) atoms. The highest BCUT2D eigenvalue weighted by molar-refractivity contribution is 5.85. The molecule has 94 valence electrons. The average Bonchev–Trinajstić information content (AvgIpc) is 2.58. The summed E-state index contributed by atoms with van der Waals surface area (Å²) < 4.78 is 0. The fourth-order valence-electron chi connectivity index (χ4n) is 2.98. The number of nitrogens with two attached hydrogens (primary N) is 1. The van der Waals surface area contributed by atoms with Crippen molar-refractivity contribution in [2.75, 3.05) is 13.1 Å². The Hall–Kier alpha value is -0.280. The molecule has 1 aliphatic carbocycles. The summed E-state index contributed by atoms with van der Waals surface area (Å²) in [7, 11) is 0. The second-order valence-electron chi connectivity index (χ2n) is 5.74. The van der Waals surface area contributed by atoms with E-state index in [1.165, 1.54) is 25.7 Å². The van der Waals surface area contributed by atoms with Crippen LogP contribution in [0.5, 0.6) is 0 Å². The van der Waals surface area contributed by atoms with E-state index in [9.17, 15) is 4.79 Å². The van der Waals surface area contributed by atoms with Crippen LogP contribution in [0, 0.1) is 11.8 Å². The first-order valence-electron chi connectivity index (χ1n) is 6.07. The number of likely N-dealkylation sites (tertiary alicyclic amines) is 1. The Labute approximate surface area is 104 Å². The minimum absolute atomic E-state index is 0. The first-order chi connectivity index (χ1) is 6.98. The molecule has 0 aromatic carbocycles. The summed E-state index contributed by atoms with van der Waals surface area (Å²) in [5.41, 5.74) is 5.16. The number of hydrogen-bond donors (Lipinski definition) is 1. The highest BCUT2D eigenvalue weighted by Gasteiger charge is 2.39. The van der Waals surface area contributed by atoms with E-state index in [-0.39, 0.29) is 18.3 Å². The van der Waals surface area contributed by atoms with Gasteiger partial charge in [-0.3, -0.25) is 4.79 Å². The molecule has 0 spiro atoms. The molecule has 1 saturated heterocycles. The fourth-order valence-corrected chi connectivity index (χ4v) is 2.98. The normalized spacial score (nSPS) is 29.6. The van der Waals surface area contributed by atoms with E-state index in [4.69, 9.17) is 5.73 Å². The smallest absolute Gasteiger partial charge is 0.242 e. The molecular formula is C12H23ClN2O. The van der Waals surface area contributed by atoms with Crippen LogP contribution in [0.1, 0.15) is 39.5 Å². The SMILES string of the molecule is CC(C)(N)C(=O)N1CC2CCCCC2C1.Cl. The van der Waals surface area contributed by atoms with Crippen molar-refractivity contribution in [2.24, 2.45) is 17.6 Å². The minimum Gasteiger partial charge on any atom is -0.341 e. The van der Waals surface area contributed by atoms with Gasteiger partial charge in [0.1, 0.15) is 0 Å². The van der Waals surface area contributed by atoms with Crippen LogP contribution < -0.4 is 5.73 Å². The summed E-state index contributed by atoms with van der Waals surface area (Å²) >= 11 is 0. The van der Waals surface area contributed by atoms with Crippen LogP contribution in [-0.4, -0.2) is 29.4 Å². The Morgan fingerprint density at radius 3 is 2.00 bits per heavy atom. The van der Waals surface area contributed by atoms with Crippen molar-refractivity contribution in [3.63, 3.8) is 0 Å². The third-order valence-corrected chi connectivity index (χ3v) is 3.81. The zero-order chi connectivity index (χ0) is 11.1. The Balaban J connectivity index is 0.00000128. The van der Waals surface area contributed by atoms with Crippen molar-refractivity contribution >= 4 is 18.3 Å². The molecule has 1 saturated carbocycles. The summed E-state index contributed by atoms with van der Waals surface area (Å²) in [5.74, 6) is 1.63. The second kappa shape index (κ2) is 4.92. The van der Waals surface area contributed by atoms with Gasteiger partial charge in [0.25, 0.3) is 0 Å². The average molecular weight is 247 g/mol. The van der Waals surface area contributed by atoms with Crippen LogP contribution >= 0.6 is 12.4 Å². The molecule has 2 fully saturated rings. The van der Waals surface area contributed by atoms with Gasteiger partial charge in [-0.2, -0.15) is 0 Å². The van der Waals surface area contributed by atoms with E-state index in [1.54, 1.807) is 13.8 Å². The third-order valence-electron chi connectivity index (χ3n) is 3.81. The van der Waals surface area contributed by atoms with Gasteiger partial charge in [-0.05, 0) is 38.5 Å². The van der Waals surface area contributed by atoms with Gasteiger partial charge >= 0.3 is 0 Å². The summed E-state index contributed by atoms with van der Waals surface area (Å²) in [5, 5.41) is 0. The fraction of sp³-hybridized carbons (Fsp3) is 0.917. The van der Waals surface area contributed by atoms with E-state index in [2.05, 4.69) is 0 Å². The molecule has 0 bridgehead atoms. The first-order valence-corrected chi connectivity index (χ1v) is 6.07. The number of hydrogen-bond acceptors (Lipinski definition) is 2. The highest BCUT2D eigenvalue weighted by Crippen LogP contribution is 2.36. The number of nitrogens with zero attached hydrogens (tertiary/aromatic N) is 1. The lowest BCUT2D eigenvalue weighted by Gasteiger charge is -2.25. The van der Waals surface area contributed by atoms with Crippen LogP contribution in [0.15, 0.2) is 0 Å². The Bertz CT molecular complexity index is 248. The molecule has 2 unspecified atom stereocenters. The number of carbonyl (C=O) groups is 1. The summed E-state index contributed by atoms with van der Waals surface area (Å²) in [6.45, 7) is 5.50. The van der Waals surface area contributed by atoms with Crippen molar-refractivity contribution in [1.82, 2.24) is 4.90 Å². The van der Waals surface area contributed by atoms with Crippen LogP contribution in [-0.2, 0) is 4.79 Å². The Morgan fingerprint density at radius 1 is 1.19 bits per heavy atom. The third kappa shape index (κ3) is 2.69. The summed E-state index contributed by atoms with van der Waals surface area (Å²) in [6.07, 6.45) is 5.29. The zero-order valence-electron chi connectivity index (χ0n) is 10.2. The molecule has 4 heteroatoms. The standard InChI is InChI=1S/C12H22N2O.ClH/c1-12(2,13)11(15)14-7-9-5-3-4-6-10(9)8-14;/h9-10H,3-8,13H2,1-2H3;1H. The zero-order valence-corrected chi connectivity index (χ0v) is 11.1. The quantitative estimate of drug-likeness (QED) is 0.767. The van der Waals surface area contributed by atoms with Gasteiger partial charge in [-0.15, -0.1) is 12.4 Å². The van der Waals surface area contributed by atoms with Crippen molar-refractivity contribution in [3.05, 3.63) is 0 Å². The van der Waals surface area contributed by atoms with Gasteiger partial charge in [0.05, 0.1) is 5.54 Å². The minimum atomic E-state index is -0.701. The molecule has 2 atom stereocenters. The van der Waals surface area contributed by atoms with Gasteiger partial charge in [0, 0.05) is 13.1 Å². The van der Waals surface area contributed by atoms with Crippen molar-refractivity contribution < 1.29 is 4.79 Å². The molecule has 2 aliphatic rings. The van der Waals surface area contributed by atoms with Gasteiger partial charge in [-0.25, -0.2) is 0 Å². The van der Waals surface area contributed by atoms with E-state index in [0.717, 1.165) is 24.9 Å². The molecule has 2 N–H and O–H groups in total. The van der Waals surface area contributed by atoms with Gasteiger partial charge < -0.3 is 10.6 Å². The lowest BCUT2D eigenvalue weighted by molar-refractivity contribution is -0.134. The topological polar surface area (TPSA) is 46.3 Å². The molecule has 0 aromatic heterocycles. The lowest BCUT2D eigenvalue weighted by atomic mass is 9.82. The van der Waals surface area contributed by atoms with Gasteiger partial charge in [0.2, 0.25) is 5.91 Å². The molecule has 1 heterocycles. The second-order valence-corrected chi connectivity index (χ2v) is 5.74. The predicted molar refractivity (Wildman–Crippen MR) is 67.5 cm³/mol. The van der Waals surface area contributed by atoms with E-state index < -0.39 is 5.54 Å². The molecule has 3 nitrogen and oxygen atoms in total. The molecule has 1 aliphatic heterocycles. The lowest BCUT2D eigenvalue weighted by Crippen LogP contribution is -2.50. The maximum Gasteiger partial charge on any atom is 0.242 e. The number of carbonyl (C=O) groups excluding carboxylic acids is 1. The molecule has 0 aromatic rings. The molecule has 1 amide bonds. The van der Waals surface area contributed by atoms with Crippen LogP contribution in [0.25, 0.3) is 0 Å². The van der Waals surface area contributed by atoms with Crippen LogP contribution in [0.3, 0.4) is 0 Å². The molecule has 0 radical (unpaired) electrons. The molecule has 2 rings (SSSR count).